The van der Waals surface area contributed by atoms with E-state index in [0.29, 0.717) is 25.2 Å². The number of piperidine rings is 1. The number of aliphatic carboxylic acids is 1. The lowest BCUT2D eigenvalue weighted by Crippen LogP contribution is -2.56. The van der Waals surface area contributed by atoms with Crippen molar-refractivity contribution in [2.45, 2.75) is 18.9 Å². The molecule has 2 N–H and O–H groups in total. The zero-order chi connectivity index (χ0) is 20.3. The van der Waals surface area contributed by atoms with Crippen molar-refractivity contribution in [3.8, 4) is 11.3 Å². The Hall–Kier alpha value is -3.25. The molecule has 1 aliphatic heterocycles. The Morgan fingerprint density at radius 2 is 1.69 bits per heavy atom. The summed E-state index contributed by atoms with van der Waals surface area (Å²) in [5, 5.41) is 29.4. The Morgan fingerprint density at radius 3 is 2.28 bits per heavy atom. The normalized spacial score (nSPS) is 21.7. The first-order valence-corrected chi connectivity index (χ1v) is 9.68. The van der Waals surface area contributed by atoms with Crippen molar-refractivity contribution in [2.24, 2.45) is 5.41 Å². The number of benzene rings is 2. The predicted octanol–water partition coefficient (Wildman–Crippen LogP) is 3.03. The number of aromatic nitrogens is 2. The summed E-state index contributed by atoms with van der Waals surface area (Å²) in [7, 11) is 0. The second-order valence-corrected chi connectivity index (χ2v) is 7.48. The number of anilines is 1. The van der Waals surface area contributed by atoms with Crippen molar-refractivity contribution in [3.63, 3.8) is 0 Å². The summed E-state index contributed by atoms with van der Waals surface area (Å²) < 4.78 is 0. The number of carboxylic acid groups (broad SMARTS) is 1. The molecule has 2 heterocycles. The Kier molecular flexibility index (Phi) is 5.27. The maximum Gasteiger partial charge on any atom is 0.312 e. The van der Waals surface area contributed by atoms with Gasteiger partial charge in [0.1, 0.15) is 5.41 Å². The van der Waals surface area contributed by atoms with Crippen LogP contribution in [-0.4, -0.2) is 45.6 Å². The first-order valence-electron chi connectivity index (χ1n) is 9.68. The second-order valence-electron chi connectivity index (χ2n) is 7.48. The van der Waals surface area contributed by atoms with Crippen LogP contribution in [0.25, 0.3) is 11.3 Å². The van der Waals surface area contributed by atoms with Gasteiger partial charge in [-0.1, -0.05) is 60.7 Å². The van der Waals surface area contributed by atoms with Gasteiger partial charge in [0.05, 0.1) is 11.8 Å². The maximum absolute atomic E-state index is 12.1. The third kappa shape index (κ3) is 3.84. The number of aliphatic hydroxyl groups is 1. The number of hydrogen-bond donors (Lipinski definition) is 2. The van der Waals surface area contributed by atoms with Gasteiger partial charge >= 0.3 is 5.97 Å². The summed E-state index contributed by atoms with van der Waals surface area (Å²) in [6, 6.07) is 23.0. The highest BCUT2D eigenvalue weighted by molar-refractivity contribution is 5.76. The third-order valence-corrected chi connectivity index (χ3v) is 5.69. The molecule has 0 aliphatic carbocycles. The highest BCUT2D eigenvalue weighted by atomic mass is 16.4. The molecular weight excluding hydrogens is 366 g/mol. The average molecular weight is 389 g/mol. The number of aliphatic hydroxyl groups excluding tert-OH is 1. The van der Waals surface area contributed by atoms with Crippen molar-refractivity contribution in [3.05, 3.63) is 78.4 Å². The third-order valence-electron chi connectivity index (χ3n) is 5.69. The average Bonchev–Trinajstić information content (AvgIpc) is 2.76. The molecular formula is C23H23N3O3. The molecule has 0 bridgehead atoms. The van der Waals surface area contributed by atoms with Gasteiger partial charge in [-0.25, -0.2) is 0 Å². The van der Waals surface area contributed by atoms with Gasteiger partial charge in [-0.15, -0.1) is 10.2 Å². The number of hydrogen-bond acceptors (Lipinski definition) is 5. The number of nitrogens with zero attached hydrogens (tertiary/aromatic N) is 3. The Balaban J connectivity index is 1.51. The molecule has 0 spiro atoms. The summed E-state index contributed by atoms with van der Waals surface area (Å²) >= 11 is 0. The van der Waals surface area contributed by atoms with Gasteiger partial charge in [0.2, 0.25) is 0 Å². The van der Waals surface area contributed by atoms with E-state index < -0.39 is 17.5 Å². The Labute approximate surface area is 169 Å². The van der Waals surface area contributed by atoms with E-state index in [9.17, 15) is 15.0 Å². The minimum Gasteiger partial charge on any atom is -0.481 e. The van der Waals surface area contributed by atoms with Crippen LogP contribution in [0.3, 0.4) is 0 Å². The number of carbonyl (C=O) groups is 1. The smallest absolute Gasteiger partial charge is 0.312 e. The standard InChI is InChI=1S/C23H23N3O3/c27-20-16-26(21-12-11-19(24-25-21)18-9-5-2-6-10-18)14-13-23(20,22(28)29)15-17-7-3-1-4-8-17/h1-12,20,27H,13-16H2,(H,28,29)/t20-,23-/m1/s1. The van der Waals surface area contributed by atoms with E-state index in [1.54, 1.807) is 0 Å². The van der Waals surface area contributed by atoms with Crippen LogP contribution in [-0.2, 0) is 11.2 Å². The van der Waals surface area contributed by atoms with E-state index >= 15 is 0 Å². The predicted molar refractivity (Wildman–Crippen MR) is 111 cm³/mol. The van der Waals surface area contributed by atoms with Gasteiger partial charge in [-0.2, -0.15) is 0 Å². The molecule has 0 unspecified atom stereocenters. The molecule has 29 heavy (non-hydrogen) atoms. The maximum atomic E-state index is 12.1. The fourth-order valence-corrected chi connectivity index (χ4v) is 3.93. The molecule has 148 valence electrons. The number of β-amino-alcohol motifs (C(OH)–C–C–N with tert-alkyl or cyclic N) is 1. The van der Waals surface area contributed by atoms with Gasteiger partial charge in [-0.05, 0) is 30.5 Å². The molecule has 1 aliphatic rings. The van der Waals surface area contributed by atoms with Crippen LogP contribution in [0.1, 0.15) is 12.0 Å². The van der Waals surface area contributed by atoms with E-state index in [-0.39, 0.29) is 6.54 Å². The fraction of sp³-hybridized carbons (Fsp3) is 0.261. The molecule has 3 aromatic rings. The number of rotatable bonds is 5. The molecule has 1 saturated heterocycles. The van der Waals surface area contributed by atoms with Crippen LogP contribution in [0.5, 0.6) is 0 Å². The first kappa shape index (κ1) is 19.1. The van der Waals surface area contributed by atoms with Crippen LogP contribution in [0.2, 0.25) is 0 Å². The molecule has 2 aromatic carbocycles. The fourth-order valence-electron chi connectivity index (χ4n) is 3.93. The first-order chi connectivity index (χ1) is 14.1. The lowest BCUT2D eigenvalue weighted by atomic mass is 9.71. The summed E-state index contributed by atoms with van der Waals surface area (Å²) in [5.74, 6) is -0.318. The van der Waals surface area contributed by atoms with Gasteiger partial charge in [0.25, 0.3) is 0 Å². The lowest BCUT2D eigenvalue weighted by molar-refractivity contribution is -0.158. The van der Waals surface area contributed by atoms with E-state index in [1.807, 2.05) is 77.7 Å². The van der Waals surface area contributed by atoms with E-state index in [4.69, 9.17) is 0 Å². The quantitative estimate of drug-likeness (QED) is 0.698. The molecule has 4 rings (SSSR count). The van der Waals surface area contributed by atoms with Crippen LogP contribution in [0.4, 0.5) is 5.82 Å². The molecule has 0 saturated carbocycles. The Morgan fingerprint density at radius 1 is 1.00 bits per heavy atom. The Bertz CT molecular complexity index is 964. The van der Waals surface area contributed by atoms with Crippen LogP contribution >= 0.6 is 0 Å². The zero-order valence-corrected chi connectivity index (χ0v) is 16.0. The highest BCUT2D eigenvalue weighted by Crippen LogP contribution is 2.37. The monoisotopic (exact) mass is 389 g/mol. The van der Waals surface area contributed by atoms with Crippen molar-refractivity contribution >= 4 is 11.8 Å². The molecule has 1 fully saturated rings. The van der Waals surface area contributed by atoms with Crippen molar-refractivity contribution in [2.75, 3.05) is 18.0 Å². The SMILES string of the molecule is O=C(O)[C@@]1(Cc2ccccc2)CCN(c2ccc(-c3ccccc3)nn2)C[C@H]1O. The van der Waals surface area contributed by atoms with E-state index in [1.165, 1.54) is 0 Å². The van der Waals surface area contributed by atoms with Crippen LogP contribution in [0.15, 0.2) is 72.8 Å². The van der Waals surface area contributed by atoms with Gasteiger partial charge in [-0.3, -0.25) is 4.79 Å². The molecule has 0 amide bonds. The minimum absolute atomic E-state index is 0.207. The summed E-state index contributed by atoms with van der Waals surface area (Å²) in [6.07, 6.45) is -0.373. The molecule has 0 radical (unpaired) electrons. The van der Waals surface area contributed by atoms with Gasteiger partial charge < -0.3 is 15.1 Å². The van der Waals surface area contributed by atoms with Gasteiger partial charge in [0.15, 0.2) is 5.82 Å². The molecule has 2 atom stereocenters. The molecule has 6 heteroatoms. The topological polar surface area (TPSA) is 86.5 Å². The van der Waals surface area contributed by atoms with Crippen molar-refractivity contribution in [1.82, 2.24) is 10.2 Å². The highest BCUT2D eigenvalue weighted by Gasteiger charge is 2.48. The minimum atomic E-state index is -1.20. The van der Waals surface area contributed by atoms with Crippen LogP contribution in [0, 0.1) is 5.41 Å². The molecule has 1 aromatic heterocycles. The molecule has 6 nitrogen and oxygen atoms in total. The van der Waals surface area contributed by atoms with E-state index in [2.05, 4.69) is 10.2 Å². The second kappa shape index (κ2) is 8.01. The summed E-state index contributed by atoms with van der Waals surface area (Å²) in [4.78, 5) is 14.0. The largest absolute Gasteiger partial charge is 0.481 e. The van der Waals surface area contributed by atoms with Crippen molar-refractivity contribution in [1.29, 1.82) is 0 Å². The lowest BCUT2D eigenvalue weighted by Gasteiger charge is -2.43. The summed E-state index contributed by atoms with van der Waals surface area (Å²) in [5.41, 5.74) is 1.47. The van der Waals surface area contributed by atoms with Gasteiger partial charge in [0, 0.05) is 18.7 Å². The van der Waals surface area contributed by atoms with Crippen LogP contribution < -0.4 is 4.90 Å². The zero-order valence-electron chi connectivity index (χ0n) is 16.0. The van der Waals surface area contributed by atoms with E-state index in [0.717, 1.165) is 16.8 Å². The number of carboxylic acids is 1. The van der Waals surface area contributed by atoms with Crippen molar-refractivity contribution < 1.29 is 15.0 Å². The summed E-state index contributed by atoms with van der Waals surface area (Å²) in [6.45, 7) is 0.702.